The van der Waals surface area contributed by atoms with E-state index < -0.39 is 35.7 Å². The number of rotatable bonds is 8. The van der Waals surface area contributed by atoms with Crippen molar-refractivity contribution in [2.45, 2.75) is 38.8 Å². The summed E-state index contributed by atoms with van der Waals surface area (Å²) in [5, 5.41) is 14.4. The lowest BCUT2D eigenvalue weighted by molar-refractivity contribution is -0.142. The van der Waals surface area contributed by atoms with E-state index in [1.165, 1.54) is 25.1 Å². The molecule has 0 fully saturated rings. The summed E-state index contributed by atoms with van der Waals surface area (Å²) in [5.41, 5.74) is 1.99. The molecule has 0 aromatic heterocycles. The predicted octanol–water partition coefficient (Wildman–Crippen LogP) is 1.99. The van der Waals surface area contributed by atoms with E-state index in [1.54, 1.807) is 12.1 Å². The summed E-state index contributed by atoms with van der Waals surface area (Å²) < 4.78 is 13.9. The smallest absolute Gasteiger partial charge is 0.326 e. The third-order valence-electron chi connectivity index (χ3n) is 4.21. The first-order valence-corrected chi connectivity index (χ1v) is 8.85. The lowest BCUT2D eigenvalue weighted by Crippen LogP contribution is -2.52. The van der Waals surface area contributed by atoms with Crippen molar-refractivity contribution in [3.05, 3.63) is 71.0 Å². The molecule has 2 aromatic rings. The van der Waals surface area contributed by atoms with E-state index in [4.69, 9.17) is 0 Å². The first-order chi connectivity index (χ1) is 13.3. The van der Waals surface area contributed by atoms with Gasteiger partial charge in [0.05, 0.1) is 0 Å². The average molecular weight is 386 g/mol. The second kappa shape index (κ2) is 9.64. The maximum atomic E-state index is 13.9. The minimum absolute atomic E-state index is 0.0884. The Morgan fingerprint density at radius 3 is 2.32 bits per heavy atom. The summed E-state index contributed by atoms with van der Waals surface area (Å²) in [6, 6.07) is 11.0. The lowest BCUT2D eigenvalue weighted by Gasteiger charge is -2.21. The largest absolute Gasteiger partial charge is 0.480 e. The lowest BCUT2D eigenvalue weighted by atomic mass is 10.0. The van der Waals surface area contributed by atoms with Gasteiger partial charge in [0, 0.05) is 19.8 Å². The van der Waals surface area contributed by atoms with Crippen LogP contribution in [-0.4, -0.2) is 35.0 Å². The highest BCUT2D eigenvalue weighted by atomic mass is 19.1. The maximum Gasteiger partial charge on any atom is 0.326 e. The van der Waals surface area contributed by atoms with E-state index in [0.717, 1.165) is 11.1 Å². The van der Waals surface area contributed by atoms with Crippen molar-refractivity contribution < 1.29 is 23.9 Å². The standard InChI is InChI=1S/C21H23FN2O4/c1-13-6-5-7-15(10-13)11-19(21(27)28)24-20(26)18(23-14(2)25)12-16-8-3-4-9-17(16)22/h3-10,18-19H,11-12H2,1-2H3,(H,23,25)(H,24,26)(H,27,28)/t18-,19-/m0/s1. The van der Waals surface area contributed by atoms with Crippen molar-refractivity contribution in [2.24, 2.45) is 0 Å². The zero-order valence-corrected chi connectivity index (χ0v) is 15.7. The molecule has 2 atom stereocenters. The normalized spacial score (nSPS) is 12.7. The van der Waals surface area contributed by atoms with Gasteiger partial charge < -0.3 is 15.7 Å². The van der Waals surface area contributed by atoms with Gasteiger partial charge in [0.2, 0.25) is 11.8 Å². The summed E-state index contributed by atoms with van der Waals surface area (Å²) in [4.78, 5) is 35.8. The summed E-state index contributed by atoms with van der Waals surface area (Å²) >= 11 is 0. The molecule has 0 aliphatic rings. The number of carbonyl (C=O) groups excluding carboxylic acids is 2. The fourth-order valence-corrected chi connectivity index (χ4v) is 2.89. The molecule has 28 heavy (non-hydrogen) atoms. The Morgan fingerprint density at radius 2 is 1.71 bits per heavy atom. The second-order valence-corrected chi connectivity index (χ2v) is 6.64. The predicted molar refractivity (Wildman–Crippen MR) is 102 cm³/mol. The van der Waals surface area contributed by atoms with E-state index in [9.17, 15) is 23.9 Å². The topological polar surface area (TPSA) is 95.5 Å². The van der Waals surface area contributed by atoms with Crippen LogP contribution in [0.5, 0.6) is 0 Å². The first-order valence-electron chi connectivity index (χ1n) is 8.85. The van der Waals surface area contributed by atoms with E-state index in [0.29, 0.717) is 0 Å². The minimum Gasteiger partial charge on any atom is -0.480 e. The van der Waals surface area contributed by atoms with Gasteiger partial charge in [0.25, 0.3) is 0 Å². The number of aliphatic carboxylic acids is 1. The number of halogens is 1. The van der Waals surface area contributed by atoms with Crippen LogP contribution in [0.2, 0.25) is 0 Å². The van der Waals surface area contributed by atoms with Gasteiger partial charge in [-0.25, -0.2) is 9.18 Å². The van der Waals surface area contributed by atoms with Crippen LogP contribution in [-0.2, 0) is 27.2 Å². The Balaban J connectivity index is 2.15. The molecule has 6 nitrogen and oxygen atoms in total. The molecule has 0 bridgehead atoms. The quantitative estimate of drug-likeness (QED) is 0.647. The first kappa shape index (κ1) is 21.1. The van der Waals surface area contributed by atoms with Crippen molar-refractivity contribution >= 4 is 17.8 Å². The third-order valence-corrected chi connectivity index (χ3v) is 4.21. The molecule has 2 amide bonds. The molecule has 0 aliphatic carbocycles. The molecule has 0 radical (unpaired) electrons. The van der Waals surface area contributed by atoms with Crippen LogP contribution in [0, 0.1) is 12.7 Å². The highest BCUT2D eigenvalue weighted by molar-refractivity contribution is 5.90. The molecular weight excluding hydrogens is 363 g/mol. The van der Waals surface area contributed by atoms with Crippen LogP contribution < -0.4 is 10.6 Å². The van der Waals surface area contributed by atoms with Gasteiger partial charge in [-0.2, -0.15) is 0 Å². The van der Waals surface area contributed by atoms with Crippen LogP contribution in [0.3, 0.4) is 0 Å². The van der Waals surface area contributed by atoms with Gasteiger partial charge >= 0.3 is 5.97 Å². The second-order valence-electron chi connectivity index (χ2n) is 6.64. The molecule has 0 aliphatic heterocycles. The van der Waals surface area contributed by atoms with Crippen LogP contribution in [0.4, 0.5) is 4.39 Å². The van der Waals surface area contributed by atoms with Crippen LogP contribution >= 0.6 is 0 Å². The molecule has 2 rings (SSSR count). The van der Waals surface area contributed by atoms with Crippen molar-refractivity contribution in [2.75, 3.05) is 0 Å². The Morgan fingerprint density at radius 1 is 1.00 bits per heavy atom. The molecule has 0 saturated carbocycles. The number of hydrogen-bond acceptors (Lipinski definition) is 3. The summed E-state index contributed by atoms with van der Waals surface area (Å²) in [7, 11) is 0. The minimum atomic E-state index is -1.19. The highest BCUT2D eigenvalue weighted by Crippen LogP contribution is 2.11. The number of benzene rings is 2. The molecular formula is C21H23FN2O4. The maximum absolute atomic E-state index is 13.9. The Kier molecular flexibility index (Phi) is 7.26. The summed E-state index contributed by atoms with van der Waals surface area (Å²) in [6.07, 6.45) is 0.00408. The molecule has 148 valence electrons. The van der Waals surface area contributed by atoms with Crippen molar-refractivity contribution in [3.8, 4) is 0 Å². The number of hydrogen-bond donors (Lipinski definition) is 3. The Labute approximate surface area is 162 Å². The Bertz CT molecular complexity index is 869. The van der Waals surface area contributed by atoms with Crippen LogP contribution in [0.25, 0.3) is 0 Å². The van der Waals surface area contributed by atoms with Gasteiger partial charge in [0.1, 0.15) is 17.9 Å². The summed E-state index contributed by atoms with van der Waals surface area (Å²) in [6.45, 7) is 3.13. The van der Waals surface area contributed by atoms with E-state index in [-0.39, 0.29) is 18.4 Å². The van der Waals surface area contributed by atoms with E-state index >= 15 is 0 Å². The highest BCUT2D eigenvalue weighted by Gasteiger charge is 2.27. The van der Waals surface area contributed by atoms with Gasteiger partial charge in [-0.3, -0.25) is 9.59 Å². The van der Waals surface area contributed by atoms with Crippen molar-refractivity contribution in [1.82, 2.24) is 10.6 Å². The van der Waals surface area contributed by atoms with Crippen molar-refractivity contribution in [1.29, 1.82) is 0 Å². The van der Waals surface area contributed by atoms with E-state index in [2.05, 4.69) is 10.6 Å². The molecule has 0 heterocycles. The zero-order valence-electron chi connectivity index (χ0n) is 15.7. The molecule has 7 heteroatoms. The number of aryl methyl sites for hydroxylation is 1. The van der Waals surface area contributed by atoms with Crippen molar-refractivity contribution in [3.63, 3.8) is 0 Å². The zero-order chi connectivity index (χ0) is 20.7. The average Bonchev–Trinajstić information content (AvgIpc) is 2.62. The fraction of sp³-hybridized carbons (Fsp3) is 0.286. The van der Waals surface area contributed by atoms with Crippen LogP contribution in [0.15, 0.2) is 48.5 Å². The van der Waals surface area contributed by atoms with Gasteiger partial charge in [-0.05, 0) is 24.1 Å². The summed E-state index contributed by atoms with van der Waals surface area (Å²) in [5.74, 6) is -2.84. The fourth-order valence-electron chi connectivity index (χ4n) is 2.89. The third kappa shape index (κ3) is 6.19. The molecule has 0 unspecified atom stereocenters. The molecule has 2 aromatic carbocycles. The number of carboxylic acid groups (broad SMARTS) is 1. The number of amides is 2. The molecule has 0 spiro atoms. The Hall–Kier alpha value is -3.22. The molecule has 0 saturated heterocycles. The van der Waals surface area contributed by atoms with Gasteiger partial charge in [-0.15, -0.1) is 0 Å². The number of nitrogens with one attached hydrogen (secondary N) is 2. The number of carbonyl (C=O) groups is 3. The number of carboxylic acids is 1. The molecule has 3 N–H and O–H groups in total. The van der Waals surface area contributed by atoms with E-state index in [1.807, 2.05) is 25.1 Å². The van der Waals surface area contributed by atoms with Gasteiger partial charge in [0.15, 0.2) is 0 Å². The monoisotopic (exact) mass is 386 g/mol. The van der Waals surface area contributed by atoms with Gasteiger partial charge in [-0.1, -0.05) is 48.0 Å². The van der Waals surface area contributed by atoms with Crippen LogP contribution in [0.1, 0.15) is 23.6 Å². The SMILES string of the molecule is CC(=O)N[C@@H](Cc1ccccc1F)C(=O)N[C@@H](Cc1cccc(C)c1)C(=O)O.